The molecule has 3 nitrogen and oxygen atoms in total. The summed E-state index contributed by atoms with van der Waals surface area (Å²) in [6.07, 6.45) is 1.34. The zero-order valence-corrected chi connectivity index (χ0v) is 5.35. The Bertz CT molecular complexity index is 141. The van der Waals surface area contributed by atoms with E-state index in [1.165, 1.54) is 6.08 Å². The van der Waals surface area contributed by atoms with Gasteiger partial charge in [0, 0.05) is 0 Å². The number of carbonyl (C=O) groups is 2. The Morgan fingerprint density at radius 1 is 1.67 bits per heavy atom. The average Bonchev–Trinajstić information content (AvgIpc) is 1.82. The molecule has 0 N–H and O–H groups in total. The third kappa shape index (κ3) is 3.73. The third-order valence-electron chi connectivity index (χ3n) is 0.493. The standard InChI is InChI=1S/C5H5ClO3/c1-2-3-9-5(8)4(6)7/h2H,1,3H2. The molecule has 0 aliphatic carbocycles. The summed E-state index contributed by atoms with van der Waals surface area (Å²) in [6, 6.07) is 0. The lowest BCUT2D eigenvalue weighted by molar-refractivity contribution is -0.149. The molecule has 0 aromatic rings. The first kappa shape index (κ1) is 8.17. The lowest BCUT2D eigenvalue weighted by Gasteiger charge is -1.92. The van der Waals surface area contributed by atoms with Gasteiger partial charge in [0.2, 0.25) is 0 Å². The molecule has 0 aromatic carbocycles. The minimum Gasteiger partial charge on any atom is -0.455 e. The molecule has 0 fully saturated rings. The SMILES string of the molecule is C=CCOC(=O)C(=O)Cl. The summed E-state index contributed by atoms with van der Waals surface area (Å²) in [5.74, 6) is -1.04. The van der Waals surface area contributed by atoms with Gasteiger partial charge in [-0.2, -0.15) is 0 Å². The van der Waals surface area contributed by atoms with Crippen molar-refractivity contribution in [3.63, 3.8) is 0 Å². The number of halogens is 1. The molecule has 0 saturated heterocycles. The molecule has 0 aliphatic heterocycles. The highest BCUT2D eigenvalue weighted by Crippen LogP contribution is 1.84. The summed E-state index contributed by atoms with van der Waals surface area (Å²) in [5, 5.41) is -1.11. The van der Waals surface area contributed by atoms with E-state index in [0.717, 1.165) is 0 Å². The lowest BCUT2D eigenvalue weighted by Crippen LogP contribution is -2.11. The van der Waals surface area contributed by atoms with E-state index in [1.54, 1.807) is 0 Å². The van der Waals surface area contributed by atoms with Crippen LogP contribution in [-0.4, -0.2) is 17.8 Å². The molecule has 50 valence electrons. The maximum absolute atomic E-state index is 10.2. The fourth-order valence-corrected chi connectivity index (χ4v) is 0.246. The summed E-state index contributed by atoms with van der Waals surface area (Å²) in [5.41, 5.74) is 0. The van der Waals surface area contributed by atoms with Gasteiger partial charge < -0.3 is 4.74 Å². The van der Waals surface area contributed by atoms with Gasteiger partial charge >= 0.3 is 11.2 Å². The molecular weight excluding hydrogens is 144 g/mol. The maximum atomic E-state index is 10.2. The summed E-state index contributed by atoms with van der Waals surface area (Å²) < 4.78 is 4.21. The molecule has 0 unspecified atom stereocenters. The lowest BCUT2D eigenvalue weighted by atomic mass is 10.7. The van der Waals surface area contributed by atoms with Crippen molar-refractivity contribution in [3.8, 4) is 0 Å². The van der Waals surface area contributed by atoms with Crippen LogP contribution in [0.3, 0.4) is 0 Å². The van der Waals surface area contributed by atoms with Gasteiger partial charge in [-0.15, -0.1) is 0 Å². The van der Waals surface area contributed by atoms with Crippen LogP contribution in [0.15, 0.2) is 12.7 Å². The van der Waals surface area contributed by atoms with Crippen LogP contribution in [0.5, 0.6) is 0 Å². The van der Waals surface area contributed by atoms with Crippen molar-refractivity contribution < 1.29 is 14.3 Å². The first-order chi connectivity index (χ1) is 4.18. The van der Waals surface area contributed by atoms with Gasteiger partial charge in [0.1, 0.15) is 6.61 Å². The second kappa shape index (κ2) is 4.09. The third-order valence-corrected chi connectivity index (χ3v) is 0.647. The molecule has 0 aliphatic rings. The molecule has 0 atom stereocenters. The first-order valence-electron chi connectivity index (χ1n) is 2.16. The maximum Gasteiger partial charge on any atom is 0.391 e. The van der Waals surface area contributed by atoms with E-state index in [2.05, 4.69) is 11.3 Å². The fraction of sp³-hybridized carbons (Fsp3) is 0.200. The van der Waals surface area contributed by atoms with Crippen LogP contribution in [0.2, 0.25) is 0 Å². The van der Waals surface area contributed by atoms with Crippen LogP contribution < -0.4 is 0 Å². The monoisotopic (exact) mass is 148 g/mol. The van der Waals surface area contributed by atoms with Crippen molar-refractivity contribution in [2.45, 2.75) is 0 Å². The van der Waals surface area contributed by atoms with Crippen molar-refractivity contribution in [3.05, 3.63) is 12.7 Å². The Labute approximate surface area is 57.2 Å². The molecular formula is C5H5ClO3. The summed E-state index contributed by atoms with van der Waals surface area (Å²) in [4.78, 5) is 20.1. The zero-order chi connectivity index (χ0) is 7.28. The van der Waals surface area contributed by atoms with Crippen LogP contribution in [0.4, 0.5) is 0 Å². The fourth-order valence-electron chi connectivity index (χ4n) is 0.191. The quantitative estimate of drug-likeness (QED) is 0.253. The van der Waals surface area contributed by atoms with Crippen LogP contribution in [0.1, 0.15) is 0 Å². The van der Waals surface area contributed by atoms with Crippen LogP contribution in [0, 0.1) is 0 Å². The molecule has 0 spiro atoms. The molecule has 0 rings (SSSR count). The largest absolute Gasteiger partial charge is 0.455 e. The van der Waals surface area contributed by atoms with Crippen molar-refractivity contribution in [2.75, 3.05) is 6.61 Å². The van der Waals surface area contributed by atoms with Crippen molar-refractivity contribution in [1.29, 1.82) is 0 Å². The van der Waals surface area contributed by atoms with Gasteiger partial charge in [0.05, 0.1) is 0 Å². The summed E-state index contributed by atoms with van der Waals surface area (Å²) in [6.45, 7) is 3.27. The molecule has 0 bridgehead atoms. The smallest absolute Gasteiger partial charge is 0.391 e. The van der Waals surface area contributed by atoms with E-state index in [1.807, 2.05) is 0 Å². The Balaban J connectivity index is 3.51. The van der Waals surface area contributed by atoms with Gasteiger partial charge in [0.25, 0.3) is 0 Å². The predicted octanol–water partition coefficient (Wildman–Crippen LogP) is 0.481. The second-order valence-electron chi connectivity index (χ2n) is 1.16. The Morgan fingerprint density at radius 2 is 2.22 bits per heavy atom. The number of hydrogen-bond acceptors (Lipinski definition) is 3. The minimum atomic E-state index is -1.11. The van der Waals surface area contributed by atoms with Crippen molar-refractivity contribution in [2.24, 2.45) is 0 Å². The Kier molecular flexibility index (Phi) is 3.71. The minimum absolute atomic E-state index is 0.0112. The summed E-state index contributed by atoms with van der Waals surface area (Å²) >= 11 is 4.72. The van der Waals surface area contributed by atoms with Gasteiger partial charge in [0.15, 0.2) is 0 Å². The van der Waals surface area contributed by atoms with E-state index >= 15 is 0 Å². The molecule has 4 heteroatoms. The van der Waals surface area contributed by atoms with Crippen molar-refractivity contribution in [1.82, 2.24) is 0 Å². The van der Waals surface area contributed by atoms with Crippen molar-refractivity contribution >= 4 is 22.8 Å². The van der Waals surface area contributed by atoms with E-state index in [-0.39, 0.29) is 6.61 Å². The summed E-state index contributed by atoms with van der Waals surface area (Å²) in [7, 11) is 0. The van der Waals surface area contributed by atoms with Gasteiger partial charge in [-0.25, -0.2) is 4.79 Å². The van der Waals surface area contributed by atoms with E-state index < -0.39 is 11.2 Å². The second-order valence-corrected chi connectivity index (χ2v) is 1.50. The number of hydrogen-bond donors (Lipinski definition) is 0. The number of ether oxygens (including phenoxy) is 1. The topological polar surface area (TPSA) is 43.4 Å². The number of carbonyl (C=O) groups excluding carboxylic acids is 2. The van der Waals surface area contributed by atoms with E-state index in [9.17, 15) is 9.59 Å². The molecule has 0 saturated carbocycles. The number of esters is 1. The van der Waals surface area contributed by atoms with Gasteiger partial charge in [-0.05, 0) is 11.6 Å². The van der Waals surface area contributed by atoms with E-state index in [4.69, 9.17) is 11.6 Å². The van der Waals surface area contributed by atoms with Crippen LogP contribution in [-0.2, 0) is 14.3 Å². The zero-order valence-electron chi connectivity index (χ0n) is 4.59. The molecule has 0 heterocycles. The Hall–Kier alpha value is -0.830. The Morgan fingerprint density at radius 3 is 2.56 bits per heavy atom. The molecule has 9 heavy (non-hydrogen) atoms. The number of rotatable bonds is 3. The predicted molar refractivity (Wildman–Crippen MR) is 32.0 cm³/mol. The normalized spacial score (nSPS) is 8.11. The average molecular weight is 149 g/mol. The van der Waals surface area contributed by atoms with E-state index in [0.29, 0.717) is 0 Å². The molecule has 0 amide bonds. The highest BCUT2D eigenvalue weighted by Gasteiger charge is 2.09. The van der Waals surface area contributed by atoms with Gasteiger partial charge in [-0.3, -0.25) is 4.79 Å². The molecule has 0 aromatic heterocycles. The van der Waals surface area contributed by atoms with Crippen LogP contribution >= 0.6 is 11.6 Å². The molecule has 0 radical (unpaired) electrons. The highest BCUT2D eigenvalue weighted by molar-refractivity contribution is 6.80. The van der Waals surface area contributed by atoms with Gasteiger partial charge in [-0.1, -0.05) is 12.7 Å². The first-order valence-corrected chi connectivity index (χ1v) is 2.53. The highest BCUT2D eigenvalue weighted by atomic mass is 35.5. The van der Waals surface area contributed by atoms with Crippen LogP contribution in [0.25, 0.3) is 0 Å².